The largest absolute Gasteiger partial charge is 0.381 e. The molecule has 2 N–H and O–H groups in total. The number of aliphatic imine (C=N–C) groups is 1. The first-order chi connectivity index (χ1) is 9.45. The van der Waals surface area contributed by atoms with Gasteiger partial charge in [-0.15, -0.1) is 6.42 Å². The number of sulfone groups is 1. The molecule has 0 aliphatic carbocycles. The van der Waals surface area contributed by atoms with E-state index in [-0.39, 0.29) is 6.54 Å². The topological polar surface area (TPSA) is 79.8 Å². The Balaban J connectivity index is 2.86. The Kier molecular flexibility index (Phi) is 6.30. The van der Waals surface area contributed by atoms with Gasteiger partial charge in [0.25, 0.3) is 0 Å². The summed E-state index contributed by atoms with van der Waals surface area (Å²) in [7, 11) is -3.20. The van der Waals surface area contributed by atoms with Crippen LogP contribution >= 0.6 is 0 Å². The second-order valence-corrected chi connectivity index (χ2v) is 7.23. The molecular weight excluding hydrogens is 278 g/mol. The van der Waals surface area contributed by atoms with Crippen molar-refractivity contribution in [1.29, 1.82) is 0 Å². The minimum absolute atomic E-state index is 0.217. The van der Waals surface area contributed by atoms with Gasteiger partial charge in [0, 0.05) is 26.0 Å². The van der Waals surface area contributed by atoms with Crippen LogP contribution in [0.4, 0.5) is 0 Å². The predicted molar refractivity (Wildman–Crippen MR) is 80.4 cm³/mol. The van der Waals surface area contributed by atoms with Gasteiger partial charge in [-0.05, 0) is 19.8 Å². The van der Waals surface area contributed by atoms with Gasteiger partial charge < -0.3 is 15.4 Å². The lowest BCUT2D eigenvalue weighted by molar-refractivity contribution is 0.0768. The number of rotatable bonds is 5. The molecule has 0 atom stereocenters. The number of hydrogen-bond donors (Lipinski definition) is 2. The second kappa shape index (κ2) is 7.50. The van der Waals surface area contributed by atoms with E-state index in [1.165, 1.54) is 6.26 Å². The standard InChI is InChI=1S/C13H23N3O3S/c1-4-8-15-12(14-5-2)16-11-13(20(3,17)18)6-9-19-10-7-13/h1H,5-11H2,2-3H3,(H2,14,15,16). The van der Waals surface area contributed by atoms with E-state index in [4.69, 9.17) is 11.2 Å². The van der Waals surface area contributed by atoms with Gasteiger partial charge in [0.1, 0.15) is 0 Å². The Morgan fingerprint density at radius 2 is 2.05 bits per heavy atom. The molecule has 1 aliphatic rings. The van der Waals surface area contributed by atoms with Crippen molar-refractivity contribution in [3.8, 4) is 12.3 Å². The fourth-order valence-electron chi connectivity index (χ4n) is 2.09. The first-order valence-electron chi connectivity index (χ1n) is 6.68. The lowest BCUT2D eigenvalue weighted by Crippen LogP contribution is -2.47. The molecule has 0 saturated carbocycles. The van der Waals surface area contributed by atoms with Crippen molar-refractivity contribution < 1.29 is 13.2 Å². The molecule has 0 aromatic carbocycles. The van der Waals surface area contributed by atoms with Crippen molar-refractivity contribution in [3.63, 3.8) is 0 Å². The lowest BCUT2D eigenvalue weighted by atomic mass is 9.99. The third kappa shape index (κ3) is 4.39. The van der Waals surface area contributed by atoms with Crippen molar-refractivity contribution >= 4 is 15.8 Å². The van der Waals surface area contributed by atoms with Crippen LogP contribution in [0.25, 0.3) is 0 Å². The highest BCUT2D eigenvalue weighted by Crippen LogP contribution is 2.29. The fourth-order valence-corrected chi connectivity index (χ4v) is 3.30. The van der Waals surface area contributed by atoms with Crippen LogP contribution in [0, 0.1) is 12.3 Å². The monoisotopic (exact) mass is 301 g/mol. The van der Waals surface area contributed by atoms with Crippen LogP contribution in [-0.4, -0.2) is 58.2 Å². The average Bonchev–Trinajstić information content (AvgIpc) is 2.42. The summed E-state index contributed by atoms with van der Waals surface area (Å²) < 4.78 is 28.6. The van der Waals surface area contributed by atoms with Gasteiger partial charge in [-0.3, -0.25) is 4.99 Å². The van der Waals surface area contributed by atoms with E-state index in [2.05, 4.69) is 21.5 Å². The Morgan fingerprint density at radius 3 is 2.55 bits per heavy atom. The van der Waals surface area contributed by atoms with Crippen LogP contribution in [-0.2, 0) is 14.6 Å². The zero-order valence-electron chi connectivity index (χ0n) is 12.1. The van der Waals surface area contributed by atoms with Crippen LogP contribution in [0.5, 0.6) is 0 Å². The molecule has 0 amide bonds. The highest BCUT2D eigenvalue weighted by molar-refractivity contribution is 7.92. The average molecular weight is 301 g/mol. The number of ether oxygens (including phenoxy) is 1. The molecule has 0 radical (unpaired) electrons. The normalized spacial score (nSPS) is 19.1. The molecule has 0 spiro atoms. The summed E-state index contributed by atoms with van der Waals surface area (Å²) >= 11 is 0. The van der Waals surface area contributed by atoms with Crippen LogP contribution in [0.15, 0.2) is 4.99 Å². The molecular formula is C13H23N3O3S. The van der Waals surface area contributed by atoms with Gasteiger partial charge >= 0.3 is 0 Å². The van der Waals surface area contributed by atoms with E-state index in [0.29, 0.717) is 45.1 Å². The SMILES string of the molecule is C#CCNC(=NCC1(S(C)(=O)=O)CCOCC1)NCC. The van der Waals surface area contributed by atoms with E-state index in [1.807, 2.05) is 6.92 Å². The number of terminal acetylenes is 1. The highest BCUT2D eigenvalue weighted by atomic mass is 32.2. The molecule has 1 heterocycles. The van der Waals surface area contributed by atoms with Gasteiger partial charge in [0.15, 0.2) is 15.8 Å². The molecule has 1 fully saturated rings. The summed E-state index contributed by atoms with van der Waals surface area (Å²) in [6, 6.07) is 0. The van der Waals surface area contributed by atoms with Crippen LogP contribution in [0.3, 0.4) is 0 Å². The van der Waals surface area contributed by atoms with Gasteiger partial charge in [0.2, 0.25) is 0 Å². The molecule has 20 heavy (non-hydrogen) atoms. The molecule has 1 aliphatic heterocycles. The molecule has 0 unspecified atom stereocenters. The minimum Gasteiger partial charge on any atom is -0.381 e. The molecule has 0 aromatic heterocycles. The second-order valence-electron chi connectivity index (χ2n) is 4.82. The number of nitrogens with one attached hydrogen (secondary N) is 2. The van der Waals surface area contributed by atoms with Crippen LogP contribution < -0.4 is 10.6 Å². The van der Waals surface area contributed by atoms with Crippen molar-refractivity contribution in [2.75, 3.05) is 39.1 Å². The zero-order chi connectivity index (χ0) is 15.1. The third-order valence-corrected chi connectivity index (χ3v) is 5.53. The van der Waals surface area contributed by atoms with Crippen molar-refractivity contribution in [1.82, 2.24) is 10.6 Å². The van der Waals surface area contributed by atoms with Crippen molar-refractivity contribution in [2.45, 2.75) is 24.5 Å². The lowest BCUT2D eigenvalue weighted by Gasteiger charge is -2.34. The minimum atomic E-state index is -3.20. The summed E-state index contributed by atoms with van der Waals surface area (Å²) in [5.74, 6) is 3.01. The smallest absolute Gasteiger partial charge is 0.192 e. The molecule has 0 bridgehead atoms. The van der Waals surface area contributed by atoms with E-state index >= 15 is 0 Å². The zero-order valence-corrected chi connectivity index (χ0v) is 12.9. The van der Waals surface area contributed by atoms with Gasteiger partial charge in [-0.2, -0.15) is 0 Å². The number of nitrogens with zero attached hydrogens (tertiary/aromatic N) is 1. The van der Waals surface area contributed by atoms with E-state index < -0.39 is 14.6 Å². The first kappa shape index (κ1) is 16.8. The maximum Gasteiger partial charge on any atom is 0.192 e. The van der Waals surface area contributed by atoms with Crippen LogP contribution in [0.2, 0.25) is 0 Å². The molecule has 0 aromatic rings. The summed E-state index contributed by atoms with van der Waals surface area (Å²) in [5, 5.41) is 6.00. The molecule has 7 heteroatoms. The van der Waals surface area contributed by atoms with Crippen molar-refractivity contribution in [2.24, 2.45) is 4.99 Å². The molecule has 1 rings (SSSR count). The summed E-state index contributed by atoms with van der Waals surface area (Å²) in [5.41, 5.74) is 0. The highest BCUT2D eigenvalue weighted by Gasteiger charge is 2.42. The van der Waals surface area contributed by atoms with Crippen molar-refractivity contribution in [3.05, 3.63) is 0 Å². The quantitative estimate of drug-likeness (QED) is 0.416. The Hall–Kier alpha value is -1.26. The third-order valence-electron chi connectivity index (χ3n) is 3.42. The summed E-state index contributed by atoms with van der Waals surface area (Å²) in [4.78, 5) is 4.38. The molecule has 1 saturated heterocycles. The van der Waals surface area contributed by atoms with E-state index in [1.54, 1.807) is 0 Å². The van der Waals surface area contributed by atoms with E-state index in [9.17, 15) is 8.42 Å². The number of hydrogen-bond acceptors (Lipinski definition) is 4. The maximum atomic E-state index is 12.1. The summed E-state index contributed by atoms with van der Waals surface area (Å²) in [6.45, 7) is 4.10. The molecule has 114 valence electrons. The maximum absolute atomic E-state index is 12.1. The fraction of sp³-hybridized carbons (Fsp3) is 0.769. The Bertz CT molecular complexity index is 474. The summed E-state index contributed by atoms with van der Waals surface area (Å²) in [6.07, 6.45) is 7.43. The van der Waals surface area contributed by atoms with E-state index in [0.717, 1.165) is 0 Å². The molecule has 6 nitrogen and oxygen atoms in total. The predicted octanol–water partition coefficient (Wildman–Crippen LogP) is -0.231. The van der Waals surface area contributed by atoms with Crippen LogP contribution in [0.1, 0.15) is 19.8 Å². The van der Waals surface area contributed by atoms with Gasteiger partial charge in [-0.1, -0.05) is 5.92 Å². The van der Waals surface area contributed by atoms with Gasteiger partial charge in [0.05, 0.1) is 17.8 Å². The first-order valence-corrected chi connectivity index (χ1v) is 8.57. The Labute approximate surface area is 121 Å². The Morgan fingerprint density at radius 1 is 1.40 bits per heavy atom. The number of guanidine groups is 1. The van der Waals surface area contributed by atoms with Gasteiger partial charge in [-0.25, -0.2) is 8.42 Å².